The minimum Gasteiger partial charge on any atom is -0.377 e. The van der Waals surface area contributed by atoms with Crippen LogP contribution in [-0.4, -0.2) is 56.9 Å². The molecule has 3 unspecified atom stereocenters. The molecule has 3 atom stereocenters. The summed E-state index contributed by atoms with van der Waals surface area (Å²) in [6.45, 7) is 10.6. The topological polar surface area (TPSA) is 58.6 Å². The molecule has 2 aliphatic rings. The quantitative estimate of drug-likeness (QED) is 0.764. The molecule has 0 amide bonds. The van der Waals surface area contributed by atoms with Gasteiger partial charge in [-0.2, -0.15) is 0 Å². The molecule has 1 aliphatic heterocycles. The summed E-state index contributed by atoms with van der Waals surface area (Å²) in [6.07, 6.45) is 1.44. The Hall–Kier alpha value is -0.170. The molecule has 1 saturated heterocycles. The van der Waals surface area contributed by atoms with Gasteiger partial charge in [0.1, 0.15) is 0 Å². The van der Waals surface area contributed by atoms with Crippen LogP contribution in [0.2, 0.25) is 0 Å². The third kappa shape index (κ3) is 2.75. The van der Waals surface area contributed by atoms with Crippen LogP contribution >= 0.6 is 0 Å². The second-order valence-corrected chi connectivity index (χ2v) is 8.49. The average molecular weight is 304 g/mol. The van der Waals surface area contributed by atoms with Crippen molar-refractivity contribution in [1.29, 1.82) is 0 Å². The zero-order valence-corrected chi connectivity index (χ0v) is 13.9. The number of sulfonamides is 1. The summed E-state index contributed by atoms with van der Waals surface area (Å²) < 4.78 is 31.5. The molecular weight excluding hydrogens is 276 g/mol. The molecule has 0 radical (unpaired) electrons. The van der Waals surface area contributed by atoms with Gasteiger partial charge in [0, 0.05) is 43.6 Å². The lowest BCUT2D eigenvalue weighted by Crippen LogP contribution is -2.66. The van der Waals surface area contributed by atoms with E-state index in [0.29, 0.717) is 37.7 Å². The minimum absolute atomic E-state index is 0.111. The molecule has 118 valence electrons. The average Bonchev–Trinajstić information content (AvgIpc) is 2.82. The first kappa shape index (κ1) is 16.2. The van der Waals surface area contributed by atoms with Crippen molar-refractivity contribution >= 4 is 10.0 Å². The molecule has 1 N–H and O–H groups in total. The maximum absolute atomic E-state index is 12.1. The fraction of sp³-hybridized carbons (Fsp3) is 1.00. The Morgan fingerprint density at radius 3 is 2.55 bits per heavy atom. The number of nitrogens with one attached hydrogen (secondary N) is 1. The van der Waals surface area contributed by atoms with Gasteiger partial charge < -0.3 is 10.1 Å². The number of fused-ring (bicyclic) bond motifs is 1. The number of nitrogens with zero attached hydrogens (tertiary/aromatic N) is 1. The van der Waals surface area contributed by atoms with Gasteiger partial charge in [-0.25, -0.2) is 12.7 Å². The standard InChI is InChI=1S/C14H28N2O3S/c1-5-16(6-2)20(17,18)10-8-15-12-11-7-9-19-13(11)14(12,3)4/h11-13,15H,5-10H2,1-4H3. The maximum Gasteiger partial charge on any atom is 0.215 e. The van der Waals surface area contributed by atoms with E-state index in [0.717, 1.165) is 13.0 Å². The first-order chi connectivity index (χ1) is 9.34. The number of hydrogen-bond donors (Lipinski definition) is 1. The smallest absolute Gasteiger partial charge is 0.215 e. The molecule has 0 aromatic rings. The van der Waals surface area contributed by atoms with Gasteiger partial charge in [-0.3, -0.25) is 0 Å². The van der Waals surface area contributed by atoms with E-state index >= 15 is 0 Å². The van der Waals surface area contributed by atoms with Crippen LogP contribution in [0.15, 0.2) is 0 Å². The Balaban J connectivity index is 1.85. The van der Waals surface area contributed by atoms with Crippen molar-refractivity contribution in [2.24, 2.45) is 11.3 Å². The summed E-state index contributed by atoms with van der Waals surface area (Å²) in [7, 11) is -3.12. The fourth-order valence-electron chi connectivity index (χ4n) is 3.83. The SMILES string of the molecule is CCN(CC)S(=O)(=O)CCNC1C2CCOC2C1(C)C. The molecule has 0 spiro atoms. The first-order valence-electron chi connectivity index (χ1n) is 7.67. The highest BCUT2D eigenvalue weighted by Crippen LogP contribution is 2.51. The highest BCUT2D eigenvalue weighted by molar-refractivity contribution is 7.89. The Labute approximate surface area is 123 Å². The van der Waals surface area contributed by atoms with Crippen molar-refractivity contribution in [3.63, 3.8) is 0 Å². The van der Waals surface area contributed by atoms with Crippen LogP contribution < -0.4 is 5.32 Å². The lowest BCUT2D eigenvalue weighted by Gasteiger charge is -2.55. The summed E-state index contributed by atoms with van der Waals surface area (Å²) in [5.74, 6) is 0.737. The van der Waals surface area contributed by atoms with Crippen LogP contribution in [0.1, 0.15) is 34.1 Å². The van der Waals surface area contributed by atoms with Crippen LogP contribution in [0.3, 0.4) is 0 Å². The zero-order valence-electron chi connectivity index (χ0n) is 13.1. The van der Waals surface area contributed by atoms with Gasteiger partial charge in [-0.15, -0.1) is 0 Å². The largest absolute Gasteiger partial charge is 0.377 e. The highest BCUT2D eigenvalue weighted by Gasteiger charge is 2.58. The summed E-state index contributed by atoms with van der Waals surface area (Å²) in [4.78, 5) is 0. The van der Waals surface area contributed by atoms with Gasteiger partial charge in [0.25, 0.3) is 0 Å². The van der Waals surface area contributed by atoms with Crippen LogP contribution in [0.25, 0.3) is 0 Å². The molecule has 1 heterocycles. The van der Waals surface area contributed by atoms with Gasteiger partial charge in [-0.05, 0) is 6.42 Å². The van der Waals surface area contributed by atoms with Crippen LogP contribution in [0.5, 0.6) is 0 Å². The second kappa shape index (κ2) is 5.91. The molecule has 2 rings (SSSR count). The monoisotopic (exact) mass is 304 g/mol. The Morgan fingerprint density at radius 1 is 1.30 bits per heavy atom. The Morgan fingerprint density at radius 2 is 1.95 bits per heavy atom. The molecular formula is C14H28N2O3S. The number of rotatable bonds is 7. The molecule has 2 fully saturated rings. The van der Waals surface area contributed by atoms with Crippen molar-refractivity contribution in [3.8, 4) is 0 Å². The Kier molecular flexibility index (Phi) is 4.79. The van der Waals surface area contributed by atoms with Crippen molar-refractivity contribution in [3.05, 3.63) is 0 Å². The van der Waals surface area contributed by atoms with Gasteiger partial charge in [-0.1, -0.05) is 27.7 Å². The number of ether oxygens (including phenoxy) is 1. The molecule has 1 saturated carbocycles. The zero-order chi connectivity index (χ0) is 15.0. The minimum atomic E-state index is -3.12. The van der Waals surface area contributed by atoms with Gasteiger partial charge in [0.05, 0.1) is 11.9 Å². The third-order valence-corrected chi connectivity index (χ3v) is 6.95. The van der Waals surface area contributed by atoms with E-state index in [4.69, 9.17) is 4.74 Å². The molecule has 0 bridgehead atoms. The predicted octanol–water partition coefficient (Wildman–Crippen LogP) is 1.06. The van der Waals surface area contributed by atoms with Crippen LogP contribution in [0, 0.1) is 11.3 Å². The van der Waals surface area contributed by atoms with E-state index in [-0.39, 0.29) is 11.2 Å². The molecule has 0 aromatic heterocycles. The number of hydrogen-bond acceptors (Lipinski definition) is 4. The predicted molar refractivity (Wildman–Crippen MR) is 80.1 cm³/mol. The van der Waals surface area contributed by atoms with Crippen molar-refractivity contribution in [1.82, 2.24) is 9.62 Å². The highest BCUT2D eigenvalue weighted by atomic mass is 32.2. The summed E-state index contributed by atoms with van der Waals surface area (Å²) in [5.41, 5.74) is 0.111. The van der Waals surface area contributed by atoms with E-state index in [9.17, 15) is 8.42 Å². The van der Waals surface area contributed by atoms with E-state index in [1.54, 1.807) is 0 Å². The van der Waals surface area contributed by atoms with Gasteiger partial charge in [0.15, 0.2) is 0 Å². The summed E-state index contributed by atoms with van der Waals surface area (Å²) in [6, 6.07) is 0.377. The first-order valence-corrected chi connectivity index (χ1v) is 9.28. The maximum atomic E-state index is 12.1. The molecule has 1 aliphatic carbocycles. The lowest BCUT2D eigenvalue weighted by molar-refractivity contribution is -0.111. The van der Waals surface area contributed by atoms with Crippen LogP contribution in [0.4, 0.5) is 0 Å². The van der Waals surface area contributed by atoms with Gasteiger partial charge in [0.2, 0.25) is 10.0 Å². The van der Waals surface area contributed by atoms with Crippen molar-refractivity contribution in [2.75, 3.05) is 32.0 Å². The van der Waals surface area contributed by atoms with Crippen molar-refractivity contribution < 1.29 is 13.2 Å². The van der Waals surface area contributed by atoms with E-state index < -0.39 is 10.0 Å². The fourth-order valence-corrected chi connectivity index (χ4v) is 5.25. The van der Waals surface area contributed by atoms with E-state index in [2.05, 4.69) is 19.2 Å². The Bertz CT molecular complexity index is 432. The molecule has 6 heteroatoms. The molecule has 20 heavy (non-hydrogen) atoms. The molecule has 5 nitrogen and oxygen atoms in total. The van der Waals surface area contributed by atoms with E-state index in [1.165, 1.54) is 4.31 Å². The lowest BCUT2D eigenvalue weighted by atomic mass is 9.57. The van der Waals surface area contributed by atoms with E-state index in [1.807, 2.05) is 13.8 Å². The third-order valence-electron chi connectivity index (χ3n) is 4.92. The normalized spacial score (nSPS) is 32.1. The summed E-state index contributed by atoms with van der Waals surface area (Å²) in [5, 5.41) is 3.45. The molecule has 0 aromatic carbocycles. The second-order valence-electron chi connectivity index (χ2n) is 6.40. The van der Waals surface area contributed by atoms with Crippen LogP contribution in [-0.2, 0) is 14.8 Å². The van der Waals surface area contributed by atoms with Crippen molar-refractivity contribution in [2.45, 2.75) is 46.3 Å². The van der Waals surface area contributed by atoms with Gasteiger partial charge >= 0.3 is 0 Å². The summed E-state index contributed by atoms with van der Waals surface area (Å²) >= 11 is 0.